The fourth-order valence-electron chi connectivity index (χ4n) is 1.76. The molecule has 2 nitrogen and oxygen atoms in total. The van der Waals surface area contributed by atoms with Crippen molar-refractivity contribution in [2.24, 2.45) is 5.92 Å². The summed E-state index contributed by atoms with van der Waals surface area (Å²) in [5, 5.41) is -0.0162. The van der Waals surface area contributed by atoms with Gasteiger partial charge in [0.2, 0.25) is 0 Å². The standard InChI is InChI=1S/C7H10O2S/c8-10(9)5-6-3-1-2-4-7(6)10/h1-2,6-7H,3-5H2. The van der Waals surface area contributed by atoms with E-state index in [1.807, 2.05) is 6.08 Å². The van der Waals surface area contributed by atoms with Crippen molar-refractivity contribution < 1.29 is 8.42 Å². The van der Waals surface area contributed by atoms with Crippen LogP contribution in [0, 0.1) is 5.92 Å². The molecule has 0 radical (unpaired) electrons. The molecule has 0 aromatic heterocycles. The molecule has 1 fully saturated rings. The summed E-state index contributed by atoms with van der Waals surface area (Å²) in [5.74, 6) is 0.886. The lowest BCUT2D eigenvalue weighted by atomic mass is 9.95. The Morgan fingerprint density at radius 3 is 2.40 bits per heavy atom. The zero-order chi connectivity index (χ0) is 7.19. The van der Waals surface area contributed by atoms with Gasteiger partial charge in [0.1, 0.15) is 0 Å². The first-order valence-electron chi connectivity index (χ1n) is 3.57. The Bertz CT molecular complexity index is 263. The second kappa shape index (κ2) is 1.84. The van der Waals surface area contributed by atoms with Crippen LogP contribution in [0.5, 0.6) is 0 Å². The van der Waals surface area contributed by atoms with E-state index < -0.39 is 9.84 Å². The van der Waals surface area contributed by atoms with Gasteiger partial charge in [0.05, 0.1) is 11.0 Å². The number of rotatable bonds is 0. The van der Waals surface area contributed by atoms with Gasteiger partial charge in [-0.1, -0.05) is 12.2 Å². The van der Waals surface area contributed by atoms with Crippen LogP contribution in [-0.4, -0.2) is 19.4 Å². The highest BCUT2D eigenvalue weighted by molar-refractivity contribution is 7.93. The summed E-state index contributed by atoms with van der Waals surface area (Å²) in [6.45, 7) is 0. The molecule has 1 aliphatic heterocycles. The summed E-state index contributed by atoms with van der Waals surface area (Å²) < 4.78 is 22.0. The SMILES string of the molecule is O=S1(=O)CC2CC=CCC21. The normalized spacial score (nSPS) is 42.0. The number of allylic oxidation sites excluding steroid dienone is 2. The van der Waals surface area contributed by atoms with Crippen molar-refractivity contribution in [1.82, 2.24) is 0 Å². The van der Waals surface area contributed by atoms with Gasteiger partial charge < -0.3 is 0 Å². The van der Waals surface area contributed by atoms with E-state index >= 15 is 0 Å². The molecule has 1 aliphatic carbocycles. The van der Waals surface area contributed by atoms with Crippen LogP contribution in [-0.2, 0) is 9.84 Å². The van der Waals surface area contributed by atoms with Crippen LogP contribution in [0.3, 0.4) is 0 Å². The van der Waals surface area contributed by atoms with Crippen molar-refractivity contribution in [2.45, 2.75) is 18.1 Å². The van der Waals surface area contributed by atoms with E-state index in [0.29, 0.717) is 11.7 Å². The monoisotopic (exact) mass is 158 g/mol. The minimum atomic E-state index is -2.63. The summed E-state index contributed by atoms with van der Waals surface area (Å²) in [7, 11) is -2.63. The van der Waals surface area contributed by atoms with E-state index in [-0.39, 0.29) is 5.25 Å². The van der Waals surface area contributed by atoms with Crippen LogP contribution in [0.25, 0.3) is 0 Å². The van der Waals surface area contributed by atoms with Gasteiger partial charge in [-0.3, -0.25) is 0 Å². The van der Waals surface area contributed by atoms with Gasteiger partial charge in [-0.25, -0.2) is 8.42 Å². The molecule has 10 heavy (non-hydrogen) atoms. The molecular formula is C7H10O2S. The minimum absolute atomic E-state index is 0.0162. The fourth-order valence-corrected chi connectivity index (χ4v) is 3.81. The van der Waals surface area contributed by atoms with Crippen molar-refractivity contribution in [3.05, 3.63) is 12.2 Å². The molecule has 2 aliphatic rings. The van der Waals surface area contributed by atoms with E-state index in [9.17, 15) is 8.42 Å². The quantitative estimate of drug-likeness (QED) is 0.487. The molecule has 0 N–H and O–H groups in total. The van der Waals surface area contributed by atoms with E-state index in [2.05, 4.69) is 6.08 Å². The summed E-state index contributed by atoms with van der Waals surface area (Å²) in [4.78, 5) is 0. The summed E-state index contributed by atoms with van der Waals surface area (Å²) in [5.41, 5.74) is 0. The topological polar surface area (TPSA) is 34.1 Å². The Labute approximate surface area is 60.9 Å². The zero-order valence-electron chi connectivity index (χ0n) is 5.66. The van der Waals surface area contributed by atoms with Crippen LogP contribution >= 0.6 is 0 Å². The van der Waals surface area contributed by atoms with E-state index in [1.165, 1.54) is 0 Å². The van der Waals surface area contributed by atoms with Crippen LogP contribution in [0.1, 0.15) is 12.8 Å². The number of hydrogen-bond acceptors (Lipinski definition) is 2. The van der Waals surface area contributed by atoms with Crippen LogP contribution in [0.4, 0.5) is 0 Å². The summed E-state index contributed by atoms with van der Waals surface area (Å²) >= 11 is 0. The van der Waals surface area contributed by atoms with Crippen LogP contribution in [0.15, 0.2) is 12.2 Å². The molecule has 2 rings (SSSR count). The minimum Gasteiger partial charge on any atom is -0.229 e. The van der Waals surface area contributed by atoms with Crippen molar-refractivity contribution in [3.63, 3.8) is 0 Å². The molecule has 3 heteroatoms. The van der Waals surface area contributed by atoms with Crippen molar-refractivity contribution in [3.8, 4) is 0 Å². The number of fused-ring (bicyclic) bond motifs is 1. The van der Waals surface area contributed by atoms with Crippen molar-refractivity contribution in [2.75, 3.05) is 5.75 Å². The second-order valence-corrected chi connectivity index (χ2v) is 5.34. The maximum absolute atomic E-state index is 11.0. The first kappa shape index (κ1) is 6.40. The van der Waals surface area contributed by atoms with Gasteiger partial charge in [0, 0.05) is 0 Å². The van der Waals surface area contributed by atoms with Gasteiger partial charge in [0.25, 0.3) is 0 Å². The molecule has 2 unspecified atom stereocenters. The second-order valence-electron chi connectivity index (χ2n) is 3.07. The van der Waals surface area contributed by atoms with Gasteiger partial charge in [0.15, 0.2) is 9.84 Å². The maximum Gasteiger partial charge on any atom is 0.154 e. The molecule has 1 heterocycles. The molecular weight excluding hydrogens is 148 g/mol. The van der Waals surface area contributed by atoms with Crippen LogP contribution in [0.2, 0.25) is 0 Å². The average molecular weight is 158 g/mol. The molecule has 0 aromatic rings. The zero-order valence-corrected chi connectivity index (χ0v) is 6.47. The van der Waals surface area contributed by atoms with Crippen molar-refractivity contribution >= 4 is 9.84 Å². The number of sulfone groups is 1. The first-order chi connectivity index (χ1) is 4.70. The largest absolute Gasteiger partial charge is 0.229 e. The molecule has 0 amide bonds. The Kier molecular flexibility index (Phi) is 1.18. The Morgan fingerprint density at radius 2 is 1.90 bits per heavy atom. The highest BCUT2D eigenvalue weighted by Crippen LogP contribution is 2.36. The molecule has 0 bridgehead atoms. The third-order valence-electron chi connectivity index (χ3n) is 2.41. The Morgan fingerprint density at radius 1 is 1.20 bits per heavy atom. The molecule has 56 valence electrons. The average Bonchev–Trinajstić information content (AvgIpc) is 1.86. The molecule has 0 saturated carbocycles. The highest BCUT2D eigenvalue weighted by Gasteiger charge is 2.45. The first-order valence-corrected chi connectivity index (χ1v) is 5.28. The summed E-state index contributed by atoms with van der Waals surface area (Å²) in [6, 6.07) is 0. The van der Waals surface area contributed by atoms with Crippen molar-refractivity contribution in [1.29, 1.82) is 0 Å². The van der Waals surface area contributed by atoms with Gasteiger partial charge in [-0.05, 0) is 18.8 Å². The third kappa shape index (κ3) is 0.732. The predicted octanol–water partition coefficient (Wildman–Crippen LogP) is 0.750. The third-order valence-corrected chi connectivity index (χ3v) is 4.80. The lowest BCUT2D eigenvalue weighted by Crippen LogP contribution is -2.47. The van der Waals surface area contributed by atoms with Gasteiger partial charge in [-0.15, -0.1) is 0 Å². The lowest BCUT2D eigenvalue weighted by Gasteiger charge is -2.37. The van der Waals surface area contributed by atoms with E-state index in [1.54, 1.807) is 0 Å². The fraction of sp³-hybridized carbons (Fsp3) is 0.714. The smallest absolute Gasteiger partial charge is 0.154 e. The van der Waals surface area contributed by atoms with E-state index in [4.69, 9.17) is 0 Å². The maximum atomic E-state index is 11.0. The molecule has 0 aromatic carbocycles. The molecule has 1 saturated heterocycles. The Hall–Kier alpha value is -0.310. The van der Waals surface area contributed by atoms with Crippen LogP contribution < -0.4 is 0 Å². The molecule has 2 atom stereocenters. The lowest BCUT2D eigenvalue weighted by molar-refractivity contribution is 0.441. The highest BCUT2D eigenvalue weighted by atomic mass is 32.2. The predicted molar refractivity (Wildman–Crippen MR) is 39.4 cm³/mol. The molecule has 0 spiro atoms. The Balaban J connectivity index is 2.26. The van der Waals surface area contributed by atoms with Gasteiger partial charge in [-0.2, -0.15) is 0 Å². The number of hydrogen-bond donors (Lipinski definition) is 0. The van der Waals surface area contributed by atoms with Gasteiger partial charge >= 0.3 is 0 Å². The summed E-state index contributed by atoms with van der Waals surface area (Å²) in [6.07, 6.45) is 5.81. The van der Waals surface area contributed by atoms with E-state index in [0.717, 1.165) is 12.8 Å².